The van der Waals surface area contributed by atoms with Gasteiger partial charge in [0.2, 0.25) is 0 Å². The Morgan fingerprint density at radius 1 is 1.36 bits per heavy atom. The monoisotopic (exact) mass is 420 g/mol. The second kappa shape index (κ2) is 9.99. The highest BCUT2D eigenvalue weighted by Gasteiger charge is 2.20. The minimum Gasteiger partial charge on any atom is -0.357 e. The van der Waals surface area contributed by atoms with Crippen LogP contribution in [0.25, 0.3) is 0 Å². The Hall–Kier alpha value is -0.890. The molecule has 1 aliphatic heterocycles. The molecular weight excluding hydrogens is 394 g/mol. The van der Waals surface area contributed by atoms with Crippen LogP contribution in [-0.4, -0.2) is 43.6 Å². The molecule has 0 spiro atoms. The number of hydrogen-bond donors (Lipinski definition) is 2. The van der Waals surface area contributed by atoms with Crippen molar-refractivity contribution in [2.45, 2.75) is 32.4 Å². The van der Waals surface area contributed by atoms with Crippen molar-refractivity contribution in [3.05, 3.63) is 35.6 Å². The number of guanidine groups is 1. The van der Waals surface area contributed by atoms with Gasteiger partial charge in [-0.15, -0.1) is 24.0 Å². The number of nitrogens with zero attached hydrogens (tertiary/aromatic N) is 2. The van der Waals surface area contributed by atoms with E-state index in [2.05, 4.69) is 27.6 Å². The number of nitrogens with one attached hydrogen (secondary N) is 2. The van der Waals surface area contributed by atoms with E-state index in [-0.39, 0.29) is 29.8 Å². The summed E-state index contributed by atoms with van der Waals surface area (Å²) in [7, 11) is 2.16. The first kappa shape index (κ1) is 19.2. The summed E-state index contributed by atoms with van der Waals surface area (Å²) in [5, 5.41) is 6.57. The highest BCUT2D eigenvalue weighted by atomic mass is 127. The van der Waals surface area contributed by atoms with E-state index in [4.69, 9.17) is 0 Å². The Balaban J connectivity index is 0.00000242. The fraction of sp³-hybridized carbons (Fsp3) is 0.562. The second-order valence-corrected chi connectivity index (χ2v) is 5.44. The summed E-state index contributed by atoms with van der Waals surface area (Å²) >= 11 is 0. The van der Waals surface area contributed by atoms with Crippen LogP contribution in [0.3, 0.4) is 0 Å². The van der Waals surface area contributed by atoms with Gasteiger partial charge >= 0.3 is 0 Å². The van der Waals surface area contributed by atoms with Crippen LogP contribution in [0.15, 0.2) is 29.3 Å². The fourth-order valence-electron chi connectivity index (χ4n) is 2.58. The third-order valence-corrected chi connectivity index (χ3v) is 3.89. The van der Waals surface area contributed by atoms with Gasteiger partial charge in [0.15, 0.2) is 5.96 Å². The molecule has 1 aromatic carbocycles. The number of aliphatic imine (C=N–C) groups is 1. The van der Waals surface area contributed by atoms with Crippen LogP contribution in [-0.2, 0) is 6.54 Å². The van der Waals surface area contributed by atoms with Crippen LogP contribution < -0.4 is 10.6 Å². The molecule has 22 heavy (non-hydrogen) atoms. The van der Waals surface area contributed by atoms with Gasteiger partial charge in [-0.25, -0.2) is 9.38 Å². The summed E-state index contributed by atoms with van der Waals surface area (Å²) in [5.41, 5.74) is 0.618. The fourth-order valence-corrected chi connectivity index (χ4v) is 2.58. The Labute approximate surface area is 149 Å². The Morgan fingerprint density at radius 3 is 2.77 bits per heavy atom. The minimum atomic E-state index is -0.201. The summed E-state index contributed by atoms with van der Waals surface area (Å²) < 4.78 is 13.6. The van der Waals surface area contributed by atoms with E-state index in [1.54, 1.807) is 12.1 Å². The molecule has 1 unspecified atom stereocenters. The van der Waals surface area contributed by atoms with E-state index in [9.17, 15) is 4.39 Å². The molecule has 1 aliphatic rings. The van der Waals surface area contributed by atoms with Crippen molar-refractivity contribution >= 4 is 29.9 Å². The van der Waals surface area contributed by atoms with Gasteiger partial charge < -0.3 is 15.5 Å². The van der Waals surface area contributed by atoms with Crippen molar-refractivity contribution in [2.24, 2.45) is 4.99 Å². The first-order valence-corrected chi connectivity index (χ1v) is 7.66. The minimum absolute atomic E-state index is 0. The zero-order chi connectivity index (χ0) is 15.1. The van der Waals surface area contributed by atoms with Crippen molar-refractivity contribution in [3.8, 4) is 0 Å². The van der Waals surface area contributed by atoms with Crippen molar-refractivity contribution in [1.29, 1.82) is 0 Å². The van der Waals surface area contributed by atoms with Crippen LogP contribution in [0.5, 0.6) is 0 Å². The van der Waals surface area contributed by atoms with Crippen molar-refractivity contribution in [3.63, 3.8) is 0 Å². The molecule has 2 N–H and O–H groups in total. The van der Waals surface area contributed by atoms with E-state index < -0.39 is 0 Å². The summed E-state index contributed by atoms with van der Waals surface area (Å²) in [6.07, 6.45) is 2.47. The summed E-state index contributed by atoms with van der Waals surface area (Å²) in [4.78, 5) is 6.83. The maximum Gasteiger partial charge on any atom is 0.191 e. The van der Waals surface area contributed by atoms with E-state index in [1.807, 2.05) is 13.0 Å². The van der Waals surface area contributed by atoms with Gasteiger partial charge in [-0.1, -0.05) is 18.2 Å². The summed E-state index contributed by atoms with van der Waals surface area (Å²) in [6, 6.07) is 7.33. The molecule has 124 valence electrons. The quantitative estimate of drug-likeness (QED) is 0.437. The van der Waals surface area contributed by atoms with E-state index in [0.717, 1.165) is 25.6 Å². The van der Waals surface area contributed by atoms with Crippen LogP contribution >= 0.6 is 24.0 Å². The second-order valence-electron chi connectivity index (χ2n) is 5.44. The predicted octanol–water partition coefficient (Wildman–Crippen LogP) is 2.59. The molecule has 1 heterocycles. The topological polar surface area (TPSA) is 39.7 Å². The molecule has 1 atom stereocenters. The van der Waals surface area contributed by atoms with Crippen LogP contribution in [0.1, 0.15) is 25.3 Å². The maximum absolute atomic E-state index is 13.6. The summed E-state index contributed by atoms with van der Waals surface area (Å²) in [6.45, 7) is 5.21. The molecule has 6 heteroatoms. The molecular formula is C16H26FIN4. The molecule has 1 aromatic rings. The lowest BCUT2D eigenvalue weighted by Gasteiger charge is -2.21. The lowest BCUT2D eigenvalue weighted by molar-refractivity contribution is 0.309. The Morgan fingerprint density at radius 2 is 2.14 bits per heavy atom. The smallest absolute Gasteiger partial charge is 0.191 e. The largest absolute Gasteiger partial charge is 0.357 e. The normalized spacial score (nSPS) is 18.9. The molecule has 1 fully saturated rings. The van der Waals surface area contributed by atoms with Gasteiger partial charge in [0.05, 0.1) is 6.54 Å². The van der Waals surface area contributed by atoms with Gasteiger partial charge in [0, 0.05) is 24.7 Å². The van der Waals surface area contributed by atoms with Crippen LogP contribution in [0.4, 0.5) is 4.39 Å². The number of benzene rings is 1. The van der Waals surface area contributed by atoms with Crippen LogP contribution in [0, 0.1) is 5.82 Å². The SMILES string of the molecule is CCNC(=NCc1ccccc1F)NCC1CCCN1C.I. The zero-order valence-electron chi connectivity index (χ0n) is 13.3. The zero-order valence-corrected chi connectivity index (χ0v) is 15.6. The molecule has 0 aliphatic carbocycles. The van der Waals surface area contributed by atoms with Gasteiger partial charge in [-0.3, -0.25) is 0 Å². The van der Waals surface area contributed by atoms with Gasteiger partial charge in [0.1, 0.15) is 5.82 Å². The molecule has 0 aromatic heterocycles. The molecule has 2 rings (SSSR count). The predicted molar refractivity (Wildman–Crippen MR) is 100 cm³/mol. The average Bonchev–Trinajstić information content (AvgIpc) is 2.89. The van der Waals surface area contributed by atoms with Crippen molar-refractivity contribution < 1.29 is 4.39 Å². The highest BCUT2D eigenvalue weighted by molar-refractivity contribution is 14.0. The van der Waals surface area contributed by atoms with Crippen LogP contribution in [0.2, 0.25) is 0 Å². The lowest BCUT2D eigenvalue weighted by atomic mass is 10.2. The maximum atomic E-state index is 13.6. The van der Waals surface area contributed by atoms with Gasteiger partial charge in [-0.05, 0) is 39.4 Å². The Bertz CT molecular complexity index is 481. The van der Waals surface area contributed by atoms with Gasteiger partial charge in [0.25, 0.3) is 0 Å². The molecule has 0 saturated carbocycles. The first-order valence-electron chi connectivity index (χ1n) is 7.66. The number of likely N-dealkylation sites (tertiary alicyclic amines) is 1. The number of halogens is 2. The van der Waals surface area contributed by atoms with Crippen molar-refractivity contribution in [2.75, 3.05) is 26.7 Å². The van der Waals surface area contributed by atoms with E-state index in [1.165, 1.54) is 18.9 Å². The molecule has 1 saturated heterocycles. The number of rotatable bonds is 5. The van der Waals surface area contributed by atoms with E-state index in [0.29, 0.717) is 18.2 Å². The van der Waals surface area contributed by atoms with E-state index >= 15 is 0 Å². The first-order chi connectivity index (χ1) is 10.2. The van der Waals surface area contributed by atoms with Crippen molar-refractivity contribution in [1.82, 2.24) is 15.5 Å². The number of hydrogen-bond acceptors (Lipinski definition) is 2. The standard InChI is InChI=1S/C16H25FN4.HI/c1-3-18-16(20-12-14-8-6-10-21(14)2)19-11-13-7-4-5-9-15(13)17;/h4-5,7,9,14H,3,6,8,10-12H2,1-2H3,(H2,18,19,20);1H. The highest BCUT2D eigenvalue weighted by Crippen LogP contribution is 2.13. The Kier molecular flexibility index (Phi) is 8.70. The van der Waals surface area contributed by atoms with Gasteiger partial charge in [-0.2, -0.15) is 0 Å². The molecule has 4 nitrogen and oxygen atoms in total. The molecule has 0 amide bonds. The molecule has 0 radical (unpaired) electrons. The average molecular weight is 420 g/mol. The lowest BCUT2D eigenvalue weighted by Crippen LogP contribution is -2.44. The summed E-state index contributed by atoms with van der Waals surface area (Å²) in [5.74, 6) is 0.550. The molecule has 0 bridgehead atoms. The third kappa shape index (κ3) is 5.72. The third-order valence-electron chi connectivity index (χ3n) is 3.89. The number of likely N-dealkylation sites (N-methyl/N-ethyl adjacent to an activating group) is 1.